The second-order valence-corrected chi connectivity index (χ2v) is 4.48. The third-order valence-electron chi connectivity index (χ3n) is 2.65. The van der Waals surface area contributed by atoms with Crippen molar-refractivity contribution in [1.29, 1.82) is 0 Å². The molecule has 1 amide bonds. The molecule has 1 heterocycles. The van der Waals surface area contributed by atoms with Crippen molar-refractivity contribution in [1.82, 2.24) is 10.6 Å². The van der Waals surface area contributed by atoms with Gasteiger partial charge in [-0.2, -0.15) is 0 Å². The third kappa shape index (κ3) is 4.09. The summed E-state index contributed by atoms with van der Waals surface area (Å²) < 4.78 is 0. The molecule has 0 aromatic rings. The molecule has 1 rings (SSSR count). The van der Waals surface area contributed by atoms with Gasteiger partial charge in [-0.3, -0.25) is 4.79 Å². The van der Waals surface area contributed by atoms with Crippen LogP contribution in [0.2, 0.25) is 0 Å². The lowest BCUT2D eigenvalue weighted by Crippen LogP contribution is -2.46. The Morgan fingerprint density at radius 2 is 2.29 bits per heavy atom. The molecule has 2 N–H and O–H groups in total. The minimum Gasteiger partial charge on any atom is -0.355 e. The van der Waals surface area contributed by atoms with Crippen molar-refractivity contribution >= 4 is 5.91 Å². The molecule has 0 radical (unpaired) electrons. The predicted molar refractivity (Wildman–Crippen MR) is 58.1 cm³/mol. The standard InChI is InChI=1S/C11H22N2O/c1-9(2)6-8-13-11(14)10-5-3-4-7-12-10/h9-10,12H,3-8H2,1-2H3,(H,13,14)/t10-/m0/s1. The van der Waals surface area contributed by atoms with Crippen molar-refractivity contribution in [3.63, 3.8) is 0 Å². The van der Waals surface area contributed by atoms with E-state index in [0.29, 0.717) is 5.92 Å². The summed E-state index contributed by atoms with van der Waals surface area (Å²) >= 11 is 0. The van der Waals surface area contributed by atoms with Gasteiger partial charge in [-0.15, -0.1) is 0 Å². The number of nitrogens with one attached hydrogen (secondary N) is 2. The summed E-state index contributed by atoms with van der Waals surface area (Å²) in [6.07, 6.45) is 4.44. The van der Waals surface area contributed by atoms with Gasteiger partial charge >= 0.3 is 0 Å². The topological polar surface area (TPSA) is 41.1 Å². The first-order valence-electron chi connectivity index (χ1n) is 5.71. The van der Waals surface area contributed by atoms with Crippen LogP contribution in [0.3, 0.4) is 0 Å². The maximum atomic E-state index is 11.6. The van der Waals surface area contributed by atoms with Gasteiger partial charge in [-0.05, 0) is 31.7 Å². The van der Waals surface area contributed by atoms with Crippen LogP contribution in [-0.2, 0) is 4.79 Å². The number of hydrogen-bond acceptors (Lipinski definition) is 2. The summed E-state index contributed by atoms with van der Waals surface area (Å²) in [4.78, 5) is 11.6. The Morgan fingerprint density at radius 3 is 2.86 bits per heavy atom. The van der Waals surface area contributed by atoms with E-state index in [1.807, 2.05) is 0 Å². The Bertz CT molecular complexity index is 174. The molecule has 0 aromatic carbocycles. The largest absolute Gasteiger partial charge is 0.355 e. The van der Waals surface area contributed by atoms with Crippen LogP contribution in [0.5, 0.6) is 0 Å². The van der Waals surface area contributed by atoms with Crippen molar-refractivity contribution < 1.29 is 4.79 Å². The number of piperidine rings is 1. The van der Waals surface area contributed by atoms with Crippen LogP contribution in [-0.4, -0.2) is 25.0 Å². The maximum absolute atomic E-state index is 11.6. The van der Waals surface area contributed by atoms with Crippen LogP contribution < -0.4 is 10.6 Å². The number of hydrogen-bond donors (Lipinski definition) is 2. The van der Waals surface area contributed by atoms with E-state index in [1.54, 1.807) is 0 Å². The summed E-state index contributed by atoms with van der Waals surface area (Å²) in [5.41, 5.74) is 0. The Hall–Kier alpha value is -0.570. The van der Waals surface area contributed by atoms with Crippen LogP contribution in [0.1, 0.15) is 39.5 Å². The van der Waals surface area contributed by atoms with Gasteiger partial charge in [-0.1, -0.05) is 20.3 Å². The second kappa shape index (κ2) is 6.02. The van der Waals surface area contributed by atoms with Gasteiger partial charge in [0.15, 0.2) is 0 Å². The van der Waals surface area contributed by atoms with Crippen molar-refractivity contribution in [3.8, 4) is 0 Å². The predicted octanol–water partition coefficient (Wildman–Crippen LogP) is 1.29. The Labute approximate surface area is 86.6 Å². The smallest absolute Gasteiger partial charge is 0.237 e. The zero-order chi connectivity index (χ0) is 10.4. The average molecular weight is 198 g/mol. The van der Waals surface area contributed by atoms with Crippen LogP contribution in [0.25, 0.3) is 0 Å². The molecule has 3 nitrogen and oxygen atoms in total. The number of rotatable bonds is 4. The van der Waals surface area contributed by atoms with Crippen molar-refractivity contribution in [2.45, 2.75) is 45.6 Å². The van der Waals surface area contributed by atoms with E-state index in [0.717, 1.165) is 25.9 Å². The molecule has 0 aromatic heterocycles. The van der Waals surface area contributed by atoms with Crippen LogP contribution >= 0.6 is 0 Å². The first-order chi connectivity index (χ1) is 6.70. The van der Waals surface area contributed by atoms with E-state index in [9.17, 15) is 4.79 Å². The van der Waals surface area contributed by atoms with E-state index >= 15 is 0 Å². The monoisotopic (exact) mass is 198 g/mol. The lowest BCUT2D eigenvalue weighted by molar-refractivity contribution is -0.123. The molecular formula is C11H22N2O. The van der Waals surface area contributed by atoms with Crippen molar-refractivity contribution in [3.05, 3.63) is 0 Å². The molecule has 0 spiro atoms. The highest BCUT2D eigenvalue weighted by atomic mass is 16.2. The zero-order valence-corrected chi connectivity index (χ0v) is 9.31. The van der Waals surface area contributed by atoms with Gasteiger partial charge in [0.05, 0.1) is 6.04 Å². The fourth-order valence-corrected chi connectivity index (χ4v) is 1.68. The Kier molecular flexibility index (Phi) is 4.94. The second-order valence-electron chi connectivity index (χ2n) is 4.48. The van der Waals surface area contributed by atoms with E-state index in [2.05, 4.69) is 24.5 Å². The van der Waals surface area contributed by atoms with E-state index in [1.165, 1.54) is 12.8 Å². The number of carbonyl (C=O) groups excluding carboxylic acids is 1. The summed E-state index contributed by atoms with van der Waals surface area (Å²) in [5, 5.41) is 6.23. The highest BCUT2D eigenvalue weighted by Crippen LogP contribution is 2.06. The first kappa shape index (κ1) is 11.5. The Morgan fingerprint density at radius 1 is 1.50 bits per heavy atom. The Balaban J connectivity index is 2.13. The normalized spacial score (nSPS) is 22.4. The number of carbonyl (C=O) groups is 1. The molecule has 1 saturated heterocycles. The fraction of sp³-hybridized carbons (Fsp3) is 0.909. The molecule has 1 aliphatic rings. The average Bonchev–Trinajstić information content (AvgIpc) is 2.18. The molecule has 3 heteroatoms. The minimum absolute atomic E-state index is 0.0657. The van der Waals surface area contributed by atoms with Gasteiger partial charge < -0.3 is 10.6 Å². The number of amides is 1. The molecule has 0 unspecified atom stereocenters. The lowest BCUT2D eigenvalue weighted by atomic mass is 10.0. The van der Waals surface area contributed by atoms with Crippen LogP contribution in [0.15, 0.2) is 0 Å². The molecule has 1 aliphatic heterocycles. The minimum atomic E-state index is 0.0657. The molecule has 14 heavy (non-hydrogen) atoms. The van der Waals surface area contributed by atoms with Gasteiger partial charge in [0, 0.05) is 6.54 Å². The quantitative estimate of drug-likeness (QED) is 0.714. The van der Waals surface area contributed by atoms with E-state index < -0.39 is 0 Å². The van der Waals surface area contributed by atoms with Crippen molar-refractivity contribution in [2.24, 2.45) is 5.92 Å². The third-order valence-corrected chi connectivity index (χ3v) is 2.65. The molecular weight excluding hydrogens is 176 g/mol. The highest BCUT2D eigenvalue weighted by Gasteiger charge is 2.19. The van der Waals surface area contributed by atoms with Crippen LogP contribution in [0.4, 0.5) is 0 Å². The molecule has 0 aliphatic carbocycles. The fourth-order valence-electron chi connectivity index (χ4n) is 1.68. The molecule has 0 bridgehead atoms. The highest BCUT2D eigenvalue weighted by molar-refractivity contribution is 5.81. The summed E-state index contributed by atoms with van der Waals surface area (Å²) in [5.74, 6) is 0.847. The molecule has 0 saturated carbocycles. The summed E-state index contributed by atoms with van der Waals surface area (Å²) in [6, 6.07) is 0.0657. The van der Waals surface area contributed by atoms with Crippen molar-refractivity contribution in [2.75, 3.05) is 13.1 Å². The van der Waals surface area contributed by atoms with Gasteiger partial charge in [0.1, 0.15) is 0 Å². The molecule has 1 fully saturated rings. The summed E-state index contributed by atoms with van der Waals surface area (Å²) in [6.45, 7) is 6.15. The van der Waals surface area contributed by atoms with Gasteiger partial charge in [-0.25, -0.2) is 0 Å². The lowest BCUT2D eigenvalue weighted by Gasteiger charge is -2.22. The van der Waals surface area contributed by atoms with Gasteiger partial charge in [0.25, 0.3) is 0 Å². The summed E-state index contributed by atoms with van der Waals surface area (Å²) in [7, 11) is 0. The molecule has 1 atom stereocenters. The zero-order valence-electron chi connectivity index (χ0n) is 9.31. The SMILES string of the molecule is CC(C)CCNC(=O)[C@@H]1CCCCN1. The molecule has 82 valence electrons. The maximum Gasteiger partial charge on any atom is 0.237 e. The van der Waals surface area contributed by atoms with Gasteiger partial charge in [0.2, 0.25) is 5.91 Å². The van der Waals surface area contributed by atoms with E-state index in [4.69, 9.17) is 0 Å². The first-order valence-corrected chi connectivity index (χ1v) is 5.71. The van der Waals surface area contributed by atoms with E-state index in [-0.39, 0.29) is 11.9 Å². The van der Waals surface area contributed by atoms with Crippen LogP contribution in [0, 0.1) is 5.92 Å².